The second-order valence-corrected chi connectivity index (χ2v) is 1.79. The minimum Gasteiger partial charge on any atom is -0.360 e. The van der Waals surface area contributed by atoms with Gasteiger partial charge in [0, 0.05) is 12.8 Å². The molecule has 0 saturated heterocycles. The van der Waals surface area contributed by atoms with Crippen LogP contribution in [0.15, 0.2) is 0 Å². The minimum atomic E-state index is -0.359. The van der Waals surface area contributed by atoms with Gasteiger partial charge in [0.2, 0.25) is 11.6 Å². The number of rotatable bonds is 0. The first-order valence-corrected chi connectivity index (χ1v) is 2.54. The number of hydrogen-bond acceptors (Lipinski definition) is 2. The molecule has 0 unspecified atom stereocenters. The fourth-order valence-corrected chi connectivity index (χ4v) is 0.731. The van der Waals surface area contributed by atoms with Gasteiger partial charge in [0.1, 0.15) is 0 Å². The predicted molar refractivity (Wildman–Crippen MR) is 27.9 cm³/mol. The highest BCUT2D eigenvalue weighted by molar-refractivity contribution is 6.67. The molecule has 1 fully saturated rings. The van der Waals surface area contributed by atoms with Gasteiger partial charge in [-0.2, -0.15) is 4.79 Å². The van der Waals surface area contributed by atoms with Crippen molar-refractivity contribution in [1.29, 1.82) is 0 Å². The molecule has 1 aliphatic carbocycles. The van der Waals surface area contributed by atoms with Crippen molar-refractivity contribution >= 4 is 17.3 Å². The lowest BCUT2D eigenvalue weighted by molar-refractivity contribution is -0.119. The Labute approximate surface area is 51.1 Å². The van der Waals surface area contributed by atoms with Crippen LogP contribution in [0.4, 0.5) is 0 Å². The van der Waals surface area contributed by atoms with Crippen molar-refractivity contribution in [2.24, 2.45) is 0 Å². The van der Waals surface area contributed by atoms with Gasteiger partial charge in [-0.15, -0.1) is 0 Å². The Kier molecular flexibility index (Phi) is 1.24. The van der Waals surface area contributed by atoms with Crippen molar-refractivity contribution < 1.29 is 14.4 Å². The van der Waals surface area contributed by atoms with Gasteiger partial charge in [0.25, 0.3) is 0 Å². The fourth-order valence-electron chi connectivity index (χ4n) is 0.731. The average molecular weight is 124 g/mol. The van der Waals surface area contributed by atoms with Crippen molar-refractivity contribution in [2.75, 3.05) is 0 Å². The first kappa shape index (κ1) is 5.85. The molecule has 1 saturated carbocycles. The van der Waals surface area contributed by atoms with Crippen molar-refractivity contribution in [2.45, 2.75) is 12.8 Å². The molecule has 0 spiro atoms. The summed E-state index contributed by atoms with van der Waals surface area (Å²) in [5.41, 5.74) is 7.76. The number of Topliss-reactive ketones (excluding diaryl/α,β-unsaturated/α-hetero) is 2. The van der Waals surface area contributed by atoms with Gasteiger partial charge in [-0.3, -0.25) is 9.59 Å². The lowest BCUT2D eigenvalue weighted by Gasteiger charge is -1.69. The fraction of sp³-hybridized carbons (Fsp3) is 0.400. The number of nitrogens with zero attached hydrogens (tertiary/aromatic N) is 2. The summed E-state index contributed by atoms with van der Waals surface area (Å²) in [7, 11) is 0. The van der Waals surface area contributed by atoms with Crippen LogP contribution in [0.1, 0.15) is 12.8 Å². The smallest absolute Gasteiger partial charge is 0.360 e. The molecule has 4 heteroatoms. The molecule has 0 N–H and O–H groups in total. The van der Waals surface area contributed by atoms with Crippen LogP contribution in [-0.4, -0.2) is 22.1 Å². The van der Waals surface area contributed by atoms with E-state index < -0.39 is 0 Å². The summed E-state index contributed by atoms with van der Waals surface area (Å²) in [5, 5.41) is 0. The molecule has 9 heavy (non-hydrogen) atoms. The van der Waals surface area contributed by atoms with Gasteiger partial charge >= 0.3 is 5.71 Å². The molecule has 1 aliphatic rings. The second-order valence-electron chi connectivity index (χ2n) is 1.79. The maximum atomic E-state index is 10.5. The number of carbonyl (C=O) groups excluding carboxylic acids is 2. The van der Waals surface area contributed by atoms with E-state index in [4.69, 9.17) is 5.53 Å². The molecule has 46 valence electrons. The molecule has 4 nitrogen and oxygen atoms in total. The van der Waals surface area contributed by atoms with E-state index in [-0.39, 0.29) is 30.1 Å². The Morgan fingerprint density at radius 3 is 1.89 bits per heavy atom. The van der Waals surface area contributed by atoms with Crippen molar-refractivity contribution in [3.05, 3.63) is 5.53 Å². The van der Waals surface area contributed by atoms with E-state index in [0.29, 0.717) is 0 Å². The van der Waals surface area contributed by atoms with Crippen LogP contribution < -0.4 is 0 Å². The Morgan fingerprint density at radius 2 is 1.67 bits per heavy atom. The molecular formula is C5H4N2O2. The summed E-state index contributed by atoms with van der Waals surface area (Å²) in [5.74, 6) is -0.718. The van der Waals surface area contributed by atoms with Crippen LogP contribution in [0.2, 0.25) is 0 Å². The van der Waals surface area contributed by atoms with Crippen LogP contribution in [0.25, 0.3) is 5.53 Å². The Bertz CT molecular complexity index is 207. The number of hydrogen-bond donors (Lipinski definition) is 0. The molecule has 0 heterocycles. The summed E-state index contributed by atoms with van der Waals surface area (Å²) in [6, 6.07) is 0. The van der Waals surface area contributed by atoms with E-state index in [1.54, 1.807) is 0 Å². The highest BCUT2D eigenvalue weighted by Crippen LogP contribution is 2.04. The largest absolute Gasteiger partial charge is 0.400 e. The molecular weight excluding hydrogens is 120 g/mol. The van der Waals surface area contributed by atoms with Crippen LogP contribution in [0.5, 0.6) is 0 Å². The molecule has 0 atom stereocenters. The molecule has 1 rings (SSSR count). The zero-order valence-electron chi connectivity index (χ0n) is 4.63. The van der Waals surface area contributed by atoms with Crippen LogP contribution >= 0.6 is 0 Å². The molecule has 0 aromatic rings. The van der Waals surface area contributed by atoms with Crippen molar-refractivity contribution in [1.82, 2.24) is 0 Å². The van der Waals surface area contributed by atoms with E-state index in [0.717, 1.165) is 0 Å². The third kappa shape index (κ3) is 0.795. The summed E-state index contributed by atoms with van der Waals surface area (Å²) in [6.45, 7) is 0. The highest BCUT2D eigenvalue weighted by atomic mass is 16.2. The summed E-state index contributed by atoms with van der Waals surface area (Å²) in [4.78, 5) is 23.6. The second kappa shape index (κ2) is 1.91. The summed E-state index contributed by atoms with van der Waals surface area (Å²) in [6.07, 6.45) is 0.385. The normalized spacial score (nSPS) is 18.4. The Balaban J connectivity index is 3.05. The molecule has 0 aliphatic heterocycles. The van der Waals surface area contributed by atoms with E-state index in [2.05, 4.69) is 4.79 Å². The minimum absolute atomic E-state index is 0.193. The lowest BCUT2D eigenvalue weighted by atomic mass is 10.3. The highest BCUT2D eigenvalue weighted by Gasteiger charge is 2.35. The summed E-state index contributed by atoms with van der Waals surface area (Å²) < 4.78 is 0. The van der Waals surface area contributed by atoms with Gasteiger partial charge in [-0.1, -0.05) is 0 Å². The maximum Gasteiger partial charge on any atom is 0.400 e. The molecule has 0 aromatic carbocycles. The van der Waals surface area contributed by atoms with E-state index >= 15 is 0 Å². The lowest BCUT2D eigenvalue weighted by Crippen LogP contribution is -2.13. The van der Waals surface area contributed by atoms with Crippen molar-refractivity contribution in [3.8, 4) is 0 Å². The zero-order chi connectivity index (χ0) is 6.85. The third-order valence-corrected chi connectivity index (χ3v) is 1.21. The third-order valence-electron chi connectivity index (χ3n) is 1.21. The maximum absolute atomic E-state index is 10.5. The van der Waals surface area contributed by atoms with E-state index in [1.165, 1.54) is 0 Å². The van der Waals surface area contributed by atoms with Crippen LogP contribution in [-0.2, 0) is 9.59 Å². The SMILES string of the molecule is [N-]=[N+]=C1C(=O)CCC1=O. The van der Waals surface area contributed by atoms with Gasteiger partial charge in [0.05, 0.1) is 0 Å². The van der Waals surface area contributed by atoms with Gasteiger partial charge in [-0.25, -0.2) is 0 Å². The van der Waals surface area contributed by atoms with E-state index in [1.807, 2.05) is 0 Å². The summed E-state index contributed by atoms with van der Waals surface area (Å²) >= 11 is 0. The standard InChI is InChI=1S/C5H4N2O2/c6-7-5-3(8)1-2-4(5)9/h1-2H2. The average Bonchev–Trinajstić information content (AvgIpc) is 2.12. The molecule has 0 radical (unpaired) electrons. The topological polar surface area (TPSA) is 70.5 Å². The van der Waals surface area contributed by atoms with Gasteiger partial charge in [-0.05, 0) is 0 Å². The number of ketones is 2. The first-order valence-electron chi connectivity index (χ1n) is 2.54. The first-order chi connectivity index (χ1) is 4.25. The Hall–Kier alpha value is -1.28. The molecule has 0 bridgehead atoms. The molecule has 0 amide bonds. The van der Waals surface area contributed by atoms with Gasteiger partial charge in [0.15, 0.2) is 0 Å². The Morgan fingerprint density at radius 1 is 1.22 bits per heavy atom. The van der Waals surface area contributed by atoms with Gasteiger partial charge < -0.3 is 5.53 Å². The van der Waals surface area contributed by atoms with Crippen molar-refractivity contribution in [3.63, 3.8) is 0 Å². The van der Waals surface area contributed by atoms with Crippen LogP contribution in [0.3, 0.4) is 0 Å². The van der Waals surface area contributed by atoms with E-state index in [9.17, 15) is 9.59 Å². The zero-order valence-corrected chi connectivity index (χ0v) is 4.63. The van der Waals surface area contributed by atoms with Crippen LogP contribution in [0, 0.1) is 0 Å². The molecule has 0 aromatic heterocycles. The monoisotopic (exact) mass is 124 g/mol. The predicted octanol–water partition coefficient (Wildman–Crippen LogP) is -0.411. The number of carbonyl (C=O) groups is 2. The quantitative estimate of drug-likeness (QED) is 0.325.